The Morgan fingerprint density at radius 3 is 3.00 bits per heavy atom. The van der Waals surface area contributed by atoms with Gasteiger partial charge in [0.15, 0.2) is 0 Å². The van der Waals surface area contributed by atoms with Crippen LogP contribution in [0.1, 0.15) is 31.4 Å². The van der Waals surface area contributed by atoms with Gasteiger partial charge in [-0.05, 0) is 43.2 Å². The Hall–Kier alpha value is -1.20. The van der Waals surface area contributed by atoms with E-state index in [1.807, 2.05) is 17.8 Å². The van der Waals surface area contributed by atoms with Crippen LogP contribution in [0.15, 0.2) is 23.0 Å². The highest BCUT2D eigenvalue weighted by Crippen LogP contribution is 2.22. The Morgan fingerprint density at radius 2 is 2.21 bits per heavy atom. The fourth-order valence-corrected chi connectivity index (χ4v) is 3.73. The Balaban J connectivity index is 1.76. The topological polar surface area (TPSA) is 60.7 Å². The summed E-state index contributed by atoms with van der Waals surface area (Å²) in [6.45, 7) is 2.19. The molecule has 0 bridgehead atoms. The Labute approximate surface area is 116 Å². The van der Waals surface area contributed by atoms with Crippen LogP contribution in [0, 0.1) is 0 Å². The Bertz CT molecular complexity index is 612. The molecule has 1 aromatic carbocycles. The molecular weight excluding hydrogens is 258 g/mol. The minimum absolute atomic E-state index is 0.142. The second-order valence-corrected chi connectivity index (χ2v) is 6.34. The normalized spacial score (nSPS) is 21.6. The van der Waals surface area contributed by atoms with E-state index in [1.165, 1.54) is 29.9 Å². The molecular formula is C14H19N3OS. The van der Waals surface area contributed by atoms with Gasteiger partial charge in [-0.15, -0.1) is 0 Å². The minimum atomic E-state index is -0.142. The molecule has 2 unspecified atom stereocenters. The van der Waals surface area contributed by atoms with E-state index in [0.29, 0.717) is 12.1 Å². The number of aromatic amines is 2. The van der Waals surface area contributed by atoms with E-state index in [9.17, 15) is 4.79 Å². The van der Waals surface area contributed by atoms with Gasteiger partial charge in [-0.2, -0.15) is 11.8 Å². The molecule has 5 heteroatoms. The fraction of sp³-hybridized carbons (Fsp3) is 0.500. The maximum absolute atomic E-state index is 11.3. The summed E-state index contributed by atoms with van der Waals surface area (Å²) < 4.78 is 0. The van der Waals surface area contributed by atoms with Gasteiger partial charge >= 0.3 is 5.69 Å². The second-order valence-electron chi connectivity index (χ2n) is 5.19. The summed E-state index contributed by atoms with van der Waals surface area (Å²) in [5, 5.41) is 3.68. The summed E-state index contributed by atoms with van der Waals surface area (Å²) in [7, 11) is 0. The van der Waals surface area contributed by atoms with Gasteiger partial charge in [-0.1, -0.05) is 6.07 Å². The van der Waals surface area contributed by atoms with Crippen molar-refractivity contribution in [3.05, 3.63) is 34.2 Å². The maximum atomic E-state index is 11.3. The molecule has 0 radical (unpaired) electrons. The minimum Gasteiger partial charge on any atom is -0.307 e. The van der Waals surface area contributed by atoms with Crippen LogP contribution in [0.5, 0.6) is 0 Å². The van der Waals surface area contributed by atoms with Crippen molar-refractivity contribution in [3.8, 4) is 0 Å². The molecule has 1 fully saturated rings. The number of thioether (sulfide) groups is 1. The van der Waals surface area contributed by atoms with Crippen molar-refractivity contribution < 1.29 is 0 Å². The van der Waals surface area contributed by atoms with Crippen molar-refractivity contribution in [2.24, 2.45) is 0 Å². The molecule has 3 rings (SSSR count). The first-order chi connectivity index (χ1) is 9.22. The molecule has 0 amide bonds. The average molecular weight is 277 g/mol. The molecule has 1 aliphatic heterocycles. The van der Waals surface area contributed by atoms with Gasteiger partial charge in [-0.3, -0.25) is 0 Å². The van der Waals surface area contributed by atoms with Gasteiger partial charge in [0, 0.05) is 17.8 Å². The number of aromatic nitrogens is 2. The largest absolute Gasteiger partial charge is 0.323 e. The highest BCUT2D eigenvalue weighted by molar-refractivity contribution is 7.99. The van der Waals surface area contributed by atoms with E-state index in [-0.39, 0.29) is 5.69 Å². The van der Waals surface area contributed by atoms with Crippen LogP contribution >= 0.6 is 11.8 Å². The zero-order chi connectivity index (χ0) is 13.2. The number of hydrogen-bond acceptors (Lipinski definition) is 3. The molecule has 2 heterocycles. The highest BCUT2D eigenvalue weighted by atomic mass is 32.2. The molecule has 1 aromatic heterocycles. The third-order valence-electron chi connectivity index (χ3n) is 3.69. The van der Waals surface area contributed by atoms with E-state index in [2.05, 4.69) is 34.3 Å². The third-order valence-corrected chi connectivity index (χ3v) is 4.90. The van der Waals surface area contributed by atoms with Gasteiger partial charge in [0.25, 0.3) is 0 Å². The zero-order valence-corrected chi connectivity index (χ0v) is 11.8. The van der Waals surface area contributed by atoms with Crippen LogP contribution in [0.2, 0.25) is 0 Å². The van der Waals surface area contributed by atoms with Gasteiger partial charge in [-0.25, -0.2) is 4.79 Å². The highest BCUT2D eigenvalue weighted by Gasteiger charge is 2.16. The molecule has 0 aliphatic carbocycles. The molecule has 2 atom stereocenters. The smallest absolute Gasteiger partial charge is 0.307 e. The Morgan fingerprint density at radius 1 is 1.37 bits per heavy atom. The fourth-order valence-electron chi connectivity index (χ4n) is 2.64. The lowest BCUT2D eigenvalue weighted by Crippen LogP contribution is -2.35. The monoisotopic (exact) mass is 277 g/mol. The van der Waals surface area contributed by atoms with Crippen LogP contribution in [-0.4, -0.2) is 27.5 Å². The Kier molecular flexibility index (Phi) is 3.66. The predicted octanol–water partition coefficient (Wildman–Crippen LogP) is 2.40. The lowest BCUT2D eigenvalue weighted by Gasteiger charge is -2.26. The summed E-state index contributed by atoms with van der Waals surface area (Å²) in [6.07, 6.45) is 2.57. The lowest BCUT2D eigenvalue weighted by molar-refractivity contribution is 0.453. The molecule has 19 heavy (non-hydrogen) atoms. The summed E-state index contributed by atoms with van der Waals surface area (Å²) in [4.78, 5) is 16.8. The van der Waals surface area contributed by atoms with E-state index in [0.717, 1.165) is 11.0 Å². The summed E-state index contributed by atoms with van der Waals surface area (Å²) in [5.41, 5.74) is 2.83. The number of benzene rings is 1. The molecule has 0 spiro atoms. The second kappa shape index (κ2) is 5.43. The first-order valence-corrected chi connectivity index (χ1v) is 7.93. The SMILES string of the molecule is CC(NC1CCCSC1)c1ccc2[nH]c(=O)[nH]c2c1. The van der Waals surface area contributed by atoms with Crippen LogP contribution in [0.3, 0.4) is 0 Å². The van der Waals surface area contributed by atoms with Crippen molar-refractivity contribution in [1.82, 2.24) is 15.3 Å². The van der Waals surface area contributed by atoms with Gasteiger partial charge in [0.2, 0.25) is 0 Å². The number of rotatable bonds is 3. The van der Waals surface area contributed by atoms with E-state index < -0.39 is 0 Å². The van der Waals surface area contributed by atoms with Crippen molar-refractivity contribution in [3.63, 3.8) is 0 Å². The van der Waals surface area contributed by atoms with Gasteiger partial charge < -0.3 is 15.3 Å². The summed E-state index contributed by atoms with van der Waals surface area (Å²) in [6, 6.07) is 7.03. The number of imidazole rings is 1. The van der Waals surface area contributed by atoms with Crippen molar-refractivity contribution in [1.29, 1.82) is 0 Å². The maximum Gasteiger partial charge on any atom is 0.323 e. The molecule has 0 saturated carbocycles. The number of hydrogen-bond donors (Lipinski definition) is 3. The number of H-pyrrole nitrogens is 2. The van der Waals surface area contributed by atoms with Crippen molar-refractivity contribution in [2.45, 2.75) is 31.8 Å². The molecule has 1 saturated heterocycles. The van der Waals surface area contributed by atoms with Crippen LogP contribution in [-0.2, 0) is 0 Å². The van der Waals surface area contributed by atoms with E-state index in [1.54, 1.807) is 0 Å². The van der Waals surface area contributed by atoms with Gasteiger partial charge in [0.05, 0.1) is 11.0 Å². The molecule has 4 nitrogen and oxygen atoms in total. The van der Waals surface area contributed by atoms with Gasteiger partial charge in [0.1, 0.15) is 0 Å². The van der Waals surface area contributed by atoms with Crippen LogP contribution < -0.4 is 11.0 Å². The molecule has 102 valence electrons. The predicted molar refractivity (Wildman–Crippen MR) is 80.8 cm³/mol. The van der Waals surface area contributed by atoms with E-state index >= 15 is 0 Å². The third kappa shape index (κ3) is 2.87. The lowest BCUT2D eigenvalue weighted by atomic mass is 10.1. The average Bonchev–Trinajstić information content (AvgIpc) is 2.78. The summed E-state index contributed by atoms with van der Waals surface area (Å²) >= 11 is 2.03. The van der Waals surface area contributed by atoms with Crippen LogP contribution in [0.4, 0.5) is 0 Å². The van der Waals surface area contributed by atoms with Crippen molar-refractivity contribution >= 4 is 22.8 Å². The first-order valence-electron chi connectivity index (χ1n) is 6.78. The number of nitrogens with one attached hydrogen (secondary N) is 3. The van der Waals surface area contributed by atoms with E-state index in [4.69, 9.17) is 0 Å². The van der Waals surface area contributed by atoms with Crippen molar-refractivity contribution in [2.75, 3.05) is 11.5 Å². The molecule has 2 aromatic rings. The first kappa shape index (κ1) is 12.8. The molecule has 3 N–H and O–H groups in total. The standard InChI is InChI=1S/C14H19N3OS/c1-9(15-11-3-2-6-19-8-11)10-4-5-12-13(7-10)17-14(18)16-12/h4-5,7,9,11,15H,2-3,6,8H2,1H3,(H2,16,17,18). The molecule has 1 aliphatic rings. The van der Waals surface area contributed by atoms with Crippen LogP contribution in [0.25, 0.3) is 11.0 Å². The zero-order valence-electron chi connectivity index (χ0n) is 11.0. The number of fused-ring (bicyclic) bond motifs is 1. The quantitative estimate of drug-likeness (QED) is 0.807. The summed E-state index contributed by atoms with van der Waals surface area (Å²) in [5.74, 6) is 2.50.